The van der Waals surface area contributed by atoms with Gasteiger partial charge in [-0.1, -0.05) is 18.6 Å². The highest BCUT2D eigenvalue weighted by Gasteiger charge is 2.14. The number of allylic oxidation sites excluding steroid dienone is 1. The third-order valence-electron chi connectivity index (χ3n) is 2.56. The summed E-state index contributed by atoms with van der Waals surface area (Å²) in [6, 6.07) is 0.454. The summed E-state index contributed by atoms with van der Waals surface area (Å²) in [6.45, 7) is 3.97. The lowest BCUT2D eigenvalue weighted by atomic mass is 9.94. The van der Waals surface area contributed by atoms with Crippen molar-refractivity contribution in [3.63, 3.8) is 0 Å². The molecule has 0 bridgehead atoms. The molecule has 76 valence electrons. The van der Waals surface area contributed by atoms with E-state index in [9.17, 15) is 0 Å². The van der Waals surface area contributed by atoms with Crippen LogP contribution in [-0.2, 0) is 4.74 Å². The van der Waals surface area contributed by atoms with Gasteiger partial charge in [-0.2, -0.15) is 0 Å². The fourth-order valence-electron chi connectivity index (χ4n) is 1.89. The summed E-state index contributed by atoms with van der Waals surface area (Å²) >= 11 is 0. The Hall–Kier alpha value is -0.340. The first-order valence-corrected chi connectivity index (χ1v) is 5.29. The summed E-state index contributed by atoms with van der Waals surface area (Å²) in [5.41, 5.74) is 1.55. The molecule has 0 radical (unpaired) electrons. The number of rotatable bonds is 5. The van der Waals surface area contributed by atoms with E-state index in [1.807, 2.05) is 0 Å². The van der Waals surface area contributed by atoms with E-state index in [0.29, 0.717) is 6.04 Å². The molecule has 1 rings (SSSR count). The number of hydrogen-bond donors (Lipinski definition) is 1. The van der Waals surface area contributed by atoms with Crippen molar-refractivity contribution in [2.24, 2.45) is 0 Å². The first-order chi connectivity index (χ1) is 6.38. The predicted molar refractivity (Wildman–Crippen MR) is 55.9 cm³/mol. The van der Waals surface area contributed by atoms with Crippen molar-refractivity contribution < 1.29 is 4.74 Å². The highest BCUT2D eigenvalue weighted by Crippen LogP contribution is 2.20. The van der Waals surface area contributed by atoms with Crippen molar-refractivity contribution in [3.05, 3.63) is 11.6 Å². The van der Waals surface area contributed by atoms with Crippen molar-refractivity contribution in [2.75, 3.05) is 20.3 Å². The predicted octanol–water partition coefficient (Wildman–Crippen LogP) is 2.11. The monoisotopic (exact) mass is 183 g/mol. The summed E-state index contributed by atoms with van der Waals surface area (Å²) in [7, 11) is 1.77. The molecule has 0 aromatic carbocycles. The van der Waals surface area contributed by atoms with E-state index < -0.39 is 0 Å². The van der Waals surface area contributed by atoms with E-state index in [4.69, 9.17) is 4.74 Å². The normalized spacial score (nSPS) is 19.7. The molecule has 0 saturated heterocycles. The minimum atomic E-state index is 0.454. The average molecular weight is 183 g/mol. The van der Waals surface area contributed by atoms with Gasteiger partial charge in [0.05, 0.1) is 12.6 Å². The van der Waals surface area contributed by atoms with Crippen LogP contribution in [0.3, 0.4) is 0 Å². The molecule has 0 saturated carbocycles. The van der Waals surface area contributed by atoms with Gasteiger partial charge in [0, 0.05) is 7.11 Å². The highest BCUT2D eigenvalue weighted by atomic mass is 16.5. The SMILES string of the molecule is CCNC(COC)C1=CCCCC1. The highest BCUT2D eigenvalue weighted by molar-refractivity contribution is 5.13. The first kappa shape index (κ1) is 10.7. The Morgan fingerprint density at radius 1 is 1.54 bits per heavy atom. The Bertz CT molecular complexity index is 159. The van der Waals surface area contributed by atoms with Gasteiger partial charge in [0.15, 0.2) is 0 Å². The van der Waals surface area contributed by atoms with E-state index in [1.54, 1.807) is 12.7 Å². The van der Waals surface area contributed by atoms with Crippen LogP contribution in [0.4, 0.5) is 0 Å². The third-order valence-corrected chi connectivity index (χ3v) is 2.56. The molecule has 1 unspecified atom stereocenters. The minimum Gasteiger partial charge on any atom is -0.383 e. The number of nitrogens with one attached hydrogen (secondary N) is 1. The Labute approximate surface area is 81.4 Å². The van der Waals surface area contributed by atoms with Crippen molar-refractivity contribution >= 4 is 0 Å². The Morgan fingerprint density at radius 3 is 2.92 bits per heavy atom. The molecule has 2 heteroatoms. The van der Waals surface area contributed by atoms with Crippen molar-refractivity contribution in [1.29, 1.82) is 0 Å². The minimum absolute atomic E-state index is 0.454. The van der Waals surface area contributed by atoms with Crippen molar-refractivity contribution in [2.45, 2.75) is 38.6 Å². The molecule has 1 aliphatic carbocycles. The molecule has 0 aromatic heterocycles. The second-order valence-electron chi connectivity index (χ2n) is 3.59. The Balaban J connectivity index is 2.46. The quantitative estimate of drug-likeness (QED) is 0.659. The van der Waals surface area contributed by atoms with Gasteiger partial charge in [-0.15, -0.1) is 0 Å². The first-order valence-electron chi connectivity index (χ1n) is 5.29. The maximum atomic E-state index is 5.21. The number of ether oxygens (including phenoxy) is 1. The van der Waals surface area contributed by atoms with Gasteiger partial charge in [-0.3, -0.25) is 0 Å². The maximum Gasteiger partial charge on any atom is 0.0654 e. The van der Waals surface area contributed by atoms with Gasteiger partial charge in [0.1, 0.15) is 0 Å². The second kappa shape index (κ2) is 6.17. The van der Waals surface area contributed by atoms with Crippen LogP contribution in [-0.4, -0.2) is 26.3 Å². The summed E-state index contributed by atoms with van der Waals surface area (Å²) in [6.07, 6.45) is 7.59. The Kier molecular flexibility index (Phi) is 5.09. The standard InChI is InChI=1S/C11H21NO/c1-3-12-11(9-13-2)10-7-5-4-6-8-10/h7,11-12H,3-6,8-9H2,1-2H3. The van der Waals surface area contributed by atoms with Crippen LogP contribution in [0.2, 0.25) is 0 Å². The molecular weight excluding hydrogens is 162 g/mol. The summed E-state index contributed by atoms with van der Waals surface area (Å²) in [5, 5.41) is 3.46. The summed E-state index contributed by atoms with van der Waals surface area (Å²) < 4.78 is 5.21. The van der Waals surface area contributed by atoms with Gasteiger partial charge >= 0.3 is 0 Å². The van der Waals surface area contributed by atoms with E-state index in [2.05, 4.69) is 18.3 Å². The van der Waals surface area contributed by atoms with E-state index in [0.717, 1.165) is 13.2 Å². The van der Waals surface area contributed by atoms with Crippen LogP contribution in [0.25, 0.3) is 0 Å². The summed E-state index contributed by atoms with van der Waals surface area (Å²) in [5.74, 6) is 0. The number of hydrogen-bond acceptors (Lipinski definition) is 2. The third kappa shape index (κ3) is 3.49. The van der Waals surface area contributed by atoms with Gasteiger partial charge in [-0.25, -0.2) is 0 Å². The smallest absolute Gasteiger partial charge is 0.0654 e. The average Bonchev–Trinajstić information content (AvgIpc) is 2.19. The molecule has 1 aliphatic rings. The van der Waals surface area contributed by atoms with Gasteiger partial charge in [-0.05, 0) is 32.2 Å². The molecule has 2 nitrogen and oxygen atoms in total. The molecule has 0 aliphatic heterocycles. The lowest BCUT2D eigenvalue weighted by molar-refractivity contribution is 0.176. The largest absolute Gasteiger partial charge is 0.383 e. The summed E-state index contributed by atoms with van der Waals surface area (Å²) in [4.78, 5) is 0. The maximum absolute atomic E-state index is 5.21. The van der Waals surface area contributed by atoms with Crippen LogP contribution in [0.1, 0.15) is 32.6 Å². The van der Waals surface area contributed by atoms with E-state index in [-0.39, 0.29) is 0 Å². The molecule has 0 heterocycles. The van der Waals surface area contributed by atoms with Crippen LogP contribution >= 0.6 is 0 Å². The van der Waals surface area contributed by atoms with Crippen LogP contribution in [0, 0.1) is 0 Å². The zero-order valence-corrected chi connectivity index (χ0v) is 8.81. The van der Waals surface area contributed by atoms with E-state index >= 15 is 0 Å². The van der Waals surface area contributed by atoms with Crippen LogP contribution < -0.4 is 5.32 Å². The molecule has 0 fully saturated rings. The molecule has 0 spiro atoms. The van der Waals surface area contributed by atoms with Gasteiger partial charge in [0.2, 0.25) is 0 Å². The van der Waals surface area contributed by atoms with E-state index in [1.165, 1.54) is 25.7 Å². The molecule has 13 heavy (non-hydrogen) atoms. The van der Waals surface area contributed by atoms with Gasteiger partial charge in [0.25, 0.3) is 0 Å². The van der Waals surface area contributed by atoms with Crippen LogP contribution in [0.5, 0.6) is 0 Å². The zero-order valence-electron chi connectivity index (χ0n) is 8.81. The number of likely N-dealkylation sites (N-methyl/N-ethyl adjacent to an activating group) is 1. The van der Waals surface area contributed by atoms with Crippen molar-refractivity contribution in [3.8, 4) is 0 Å². The molecule has 1 N–H and O–H groups in total. The fourth-order valence-corrected chi connectivity index (χ4v) is 1.89. The zero-order chi connectivity index (χ0) is 9.52. The van der Waals surface area contributed by atoms with Crippen LogP contribution in [0.15, 0.2) is 11.6 Å². The molecular formula is C11H21NO. The Morgan fingerprint density at radius 2 is 2.38 bits per heavy atom. The second-order valence-corrected chi connectivity index (χ2v) is 3.59. The van der Waals surface area contributed by atoms with Crippen molar-refractivity contribution in [1.82, 2.24) is 5.32 Å². The lowest BCUT2D eigenvalue weighted by Crippen LogP contribution is -2.35. The fraction of sp³-hybridized carbons (Fsp3) is 0.818. The molecule has 0 aromatic rings. The topological polar surface area (TPSA) is 21.3 Å². The van der Waals surface area contributed by atoms with Gasteiger partial charge < -0.3 is 10.1 Å². The number of methoxy groups -OCH3 is 1. The molecule has 0 amide bonds. The molecule has 1 atom stereocenters. The lowest BCUT2D eigenvalue weighted by Gasteiger charge is -2.23.